The third-order valence-corrected chi connectivity index (χ3v) is 2.81. The third kappa shape index (κ3) is 2.83. The van der Waals surface area contributed by atoms with Crippen LogP contribution < -0.4 is 4.74 Å². The van der Waals surface area contributed by atoms with Gasteiger partial charge >= 0.3 is 0 Å². The van der Waals surface area contributed by atoms with Crippen molar-refractivity contribution in [3.8, 4) is 11.6 Å². The highest BCUT2D eigenvalue weighted by Gasteiger charge is 2.15. The van der Waals surface area contributed by atoms with Crippen molar-refractivity contribution in [2.75, 3.05) is 0 Å². The standard InChI is InChI=1S/C12H9ClFN3O3/c1-6-7(2)16-12(11(13)15-6)20-10-4-3-8(17(18)19)5-9(10)14/h3-5H,1-2H3. The molecule has 0 amide bonds. The minimum absolute atomic E-state index is 0.00847. The van der Waals surface area contributed by atoms with Crippen LogP contribution in [0, 0.1) is 29.8 Å². The second-order valence-corrected chi connectivity index (χ2v) is 4.32. The Kier molecular flexibility index (Phi) is 3.80. The lowest BCUT2D eigenvalue weighted by molar-refractivity contribution is -0.385. The number of aryl methyl sites for hydroxylation is 2. The van der Waals surface area contributed by atoms with E-state index in [1.54, 1.807) is 13.8 Å². The number of hydrogen-bond acceptors (Lipinski definition) is 5. The number of nitro benzene ring substituents is 1. The van der Waals surface area contributed by atoms with Crippen molar-refractivity contribution in [3.63, 3.8) is 0 Å². The monoisotopic (exact) mass is 297 g/mol. The van der Waals surface area contributed by atoms with Gasteiger partial charge in [0.1, 0.15) is 0 Å². The van der Waals surface area contributed by atoms with Crippen LogP contribution in [0.4, 0.5) is 10.1 Å². The van der Waals surface area contributed by atoms with Crippen molar-refractivity contribution in [2.24, 2.45) is 0 Å². The minimum Gasteiger partial charge on any atom is -0.433 e. The first-order chi connectivity index (χ1) is 9.38. The predicted molar refractivity (Wildman–Crippen MR) is 69.6 cm³/mol. The molecule has 104 valence electrons. The van der Waals surface area contributed by atoms with Crippen molar-refractivity contribution in [3.05, 3.63) is 50.7 Å². The molecule has 0 aliphatic carbocycles. The fourth-order valence-corrected chi connectivity index (χ4v) is 1.62. The minimum atomic E-state index is -0.879. The second-order valence-electron chi connectivity index (χ2n) is 3.96. The fraction of sp³-hybridized carbons (Fsp3) is 0.167. The molecule has 0 saturated carbocycles. The molecule has 8 heteroatoms. The van der Waals surface area contributed by atoms with E-state index in [9.17, 15) is 14.5 Å². The molecule has 0 unspecified atom stereocenters. The van der Waals surface area contributed by atoms with E-state index in [-0.39, 0.29) is 22.5 Å². The lowest BCUT2D eigenvalue weighted by atomic mass is 10.3. The largest absolute Gasteiger partial charge is 0.433 e. The Hall–Kier alpha value is -2.28. The van der Waals surface area contributed by atoms with Gasteiger partial charge in [0.25, 0.3) is 11.6 Å². The Morgan fingerprint density at radius 2 is 1.95 bits per heavy atom. The molecule has 0 N–H and O–H groups in total. The molecule has 0 atom stereocenters. The summed E-state index contributed by atoms with van der Waals surface area (Å²) in [5.41, 5.74) is 0.852. The number of non-ortho nitro benzene ring substituents is 1. The molecule has 6 nitrogen and oxygen atoms in total. The van der Waals surface area contributed by atoms with E-state index < -0.39 is 10.7 Å². The summed E-state index contributed by atoms with van der Waals surface area (Å²) in [6.45, 7) is 3.43. The van der Waals surface area contributed by atoms with Gasteiger partial charge in [0.15, 0.2) is 16.7 Å². The summed E-state index contributed by atoms with van der Waals surface area (Å²) in [6.07, 6.45) is 0. The second kappa shape index (κ2) is 5.38. The molecule has 0 fully saturated rings. The third-order valence-electron chi connectivity index (χ3n) is 2.57. The zero-order valence-electron chi connectivity index (χ0n) is 10.6. The molecule has 1 heterocycles. The first-order valence-corrected chi connectivity index (χ1v) is 5.89. The van der Waals surface area contributed by atoms with Crippen LogP contribution in [0.5, 0.6) is 11.6 Å². The Labute approximate surface area is 118 Å². The molecule has 2 aromatic rings. The van der Waals surface area contributed by atoms with Gasteiger partial charge in [-0.2, -0.15) is 0 Å². The van der Waals surface area contributed by atoms with Crippen LogP contribution in [0.2, 0.25) is 5.15 Å². The lowest BCUT2D eigenvalue weighted by Crippen LogP contribution is -1.99. The van der Waals surface area contributed by atoms with Gasteiger partial charge in [-0.1, -0.05) is 11.6 Å². The quantitative estimate of drug-likeness (QED) is 0.639. The van der Waals surface area contributed by atoms with Gasteiger partial charge in [0, 0.05) is 6.07 Å². The Bertz CT molecular complexity index is 694. The summed E-state index contributed by atoms with van der Waals surface area (Å²) in [5, 5.41) is 10.5. The van der Waals surface area contributed by atoms with Gasteiger partial charge in [-0.05, 0) is 19.9 Å². The molecule has 1 aromatic heterocycles. The van der Waals surface area contributed by atoms with E-state index in [2.05, 4.69) is 9.97 Å². The average Bonchev–Trinajstić information content (AvgIpc) is 2.37. The van der Waals surface area contributed by atoms with Crippen LogP contribution in [0.25, 0.3) is 0 Å². The predicted octanol–water partition coefficient (Wildman–Crippen LogP) is 3.59. The van der Waals surface area contributed by atoms with Gasteiger partial charge in [-0.15, -0.1) is 0 Å². The molecular weight excluding hydrogens is 289 g/mol. The van der Waals surface area contributed by atoms with Crippen molar-refractivity contribution in [2.45, 2.75) is 13.8 Å². The van der Waals surface area contributed by atoms with Crippen molar-refractivity contribution in [1.29, 1.82) is 0 Å². The zero-order valence-corrected chi connectivity index (χ0v) is 11.3. The van der Waals surface area contributed by atoms with E-state index in [1.165, 1.54) is 0 Å². The van der Waals surface area contributed by atoms with Crippen molar-refractivity contribution in [1.82, 2.24) is 9.97 Å². The van der Waals surface area contributed by atoms with Gasteiger partial charge in [0.05, 0.1) is 22.4 Å². The summed E-state index contributed by atoms with van der Waals surface area (Å²) in [4.78, 5) is 17.9. The van der Waals surface area contributed by atoms with Gasteiger partial charge in [-0.3, -0.25) is 10.1 Å². The number of ether oxygens (including phenoxy) is 1. The molecule has 0 spiro atoms. The van der Waals surface area contributed by atoms with Crippen LogP contribution in [0.15, 0.2) is 18.2 Å². The van der Waals surface area contributed by atoms with Crippen molar-refractivity contribution >= 4 is 17.3 Å². The number of aromatic nitrogens is 2. The van der Waals surface area contributed by atoms with Crippen LogP contribution in [-0.4, -0.2) is 14.9 Å². The zero-order chi connectivity index (χ0) is 14.9. The normalized spacial score (nSPS) is 10.4. The number of benzene rings is 1. The molecule has 0 aliphatic rings. The van der Waals surface area contributed by atoms with Crippen molar-refractivity contribution < 1.29 is 14.1 Å². The van der Waals surface area contributed by atoms with Gasteiger partial charge in [0.2, 0.25) is 0 Å². The van der Waals surface area contributed by atoms with Crippen LogP contribution in [-0.2, 0) is 0 Å². The summed E-state index contributed by atoms with van der Waals surface area (Å²) < 4.78 is 18.9. The smallest absolute Gasteiger partial charge is 0.272 e. The molecule has 0 radical (unpaired) electrons. The van der Waals surface area contributed by atoms with Crippen LogP contribution in [0.1, 0.15) is 11.4 Å². The molecular formula is C12H9ClFN3O3. The highest BCUT2D eigenvalue weighted by atomic mass is 35.5. The maximum Gasteiger partial charge on any atom is 0.272 e. The number of nitro groups is 1. The van der Waals surface area contributed by atoms with E-state index >= 15 is 0 Å². The Morgan fingerprint density at radius 3 is 2.55 bits per heavy atom. The SMILES string of the molecule is Cc1nc(Cl)c(Oc2ccc([N+](=O)[O-])cc2F)nc1C. The van der Waals surface area contributed by atoms with E-state index in [4.69, 9.17) is 16.3 Å². The number of halogens is 2. The Balaban J connectivity index is 2.35. The van der Waals surface area contributed by atoms with E-state index in [1.807, 2.05) is 0 Å². The molecule has 1 aromatic carbocycles. The van der Waals surface area contributed by atoms with Crippen LogP contribution >= 0.6 is 11.6 Å². The highest BCUT2D eigenvalue weighted by molar-refractivity contribution is 6.30. The summed E-state index contributed by atoms with van der Waals surface area (Å²) in [6, 6.07) is 3.03. The van der Waals surface area contributed by atoms with E-state index in [0.29, 0.717) is 11.4 Å². The fourth-order valence-electron chi connectivity index (χ4n) is 1.41. The molecule has 0 saturated heterocycles. The summed E-state index contributed by atoms with van der Waals surface area (Å²) >= 11 is 5.86. The van der Waals surface area contributed by atoms with E-state index in [0.717, 1.165) is 18.2 Å². The maximum absolute atomic E-state index is 13.7. The molecule has 0 bridgehead atoms. The average molecular weight is 298 g/mol. The van der Waals surface area contributed by atoms with Gasteiger partial charge in [-0.25, -0.2) is 14.4 Å². The molecule has 2 rings (SSSR count). The lowest BCUT2D eigenvalue weighted by Gasteiger charge is -2.08. The van der Waals surface area contributed by atoms with Crippen LogP contribution in [0.3, 0.4) is 0 Å². The summed E-state index contributed by atoms with van der Waals surface area (Å²) in [5.74, 6) is -1.15. The Morgan fingerprint density at radius 1 is 1.30 bits per heavy atom. The van der Waals surface area contributed by atoms with Gasteiger partial charge < -0.3 is 4.74 Å². The topological polar surface area (TPSA) is 78.2 Å². The number of nitrogens with zero attached hydrogens (tertiary/aromatic N) is 3. The molecule has 20 heavy (non-hydrogen) atoms. The molecule has 0 aliphatic heterocycles. The first kappa shape index (κ1) is 14.1. The number of hydrogen-bond donors (Lipinski definition) is 0. The highest BCUT2D eigenvalue weighted by Crippen LogP contribution is 2.30. The first-order valence-electron chi connectivity index (χ1n) is 5.51. The maximum atomic E-state index is 13.7. The summed E-state index contributed by atoms with van der Waals surface area (Å²) in [7, 11) is 0. The number of rotatable bonds is 3.